The van der Waals surface area contributed by atoms with Gasteiger partial charge in [0.15, 0.2) is 10.4 Å². The number of rotatable bonds is 4. The number of benzene rings is 1. The van der Waals surface area contributed by atoms with Crippen molar-refractivity contribution in [3.05, 3.63) is 46.8 Å². The van der Waals surface area contributed by atoms with E-state index in [1.165, 1.54) is 11.8 Å². The zero-order valence-corrected chi connectivity index (χ0v) is 13.8. The van der Waals surface area contributed by atoms with Crippen molar-refractivity contribution in [2.24, 2.45) is 0 Å². The maximum absolute atomic E-state index is 12.1. The predicted molar refractivity (Wildman–Crippen MR) is 85.3 cm³/mol. The molecule has 0 bridgehead atoms. The van der Waals surface area contributed by atoms with Crippen molar-refractivity contribution in [3.63, 3.8) is 0 Å². The highest BCUT2D eigenvalue weighted by molar-refractivity contribution is 9.10. The van der Waals surface area contributed by atoms with Crippen LogP contribution in [0, 0.1) is 0 Å². The number of halogens is 1. The highest BCUT2D eigenvalue weighted by Gasteiger charge is 2.12. The standard InChI is InChI=1S/C13H10BrN5O2S/c1-22-13-16-17-18-19(13)9-4-2-3-8(7-9)15-12(20)10-5-6-11(14)21-10/h2-7H,1H3,(H,15,20). The molecule has 7 nitrogen and oxygen atoms in total. The van der Waals surface area contributed by atoms with E-state index in [0.29, 0.717) is 15.5 Å². The van der Waals surface area contributed by atoms with E-state index in [4.69, 9.17) is 4.42 Å². The minimum Gasteiger partial charge on any atom is -0.444 e. The highest BCUT2D eigenvalue weighted by atomic mass is 79.9. The number of amides is 1. The molecule has 3 aromatic rings. The normalized spacial score (nSPS) is 10.6. The number of carbonyl (C=O) groups is 1. The van der Waals surface area contributed by atoms with Crippen LogP contribution in [-0.4, -0.2) is 32.4 Å². The lowest BCUT2D eigenvalue weighted by atomic mass is 10.2. The monoisotopic (exact) mass is 379 g/mol. The summed E-state index contributed by atoms with van der Waals surface area (Å²) in [4.78, 5) is 12.1. The minimum absolute atomic E-state index is 0.226. The van der Waals surface area contributed by atoms with Crippen molar-refractivity contribution < 1.29 is 9.21 Å². The molecule has 0 aliphatic rings. The van der Waals surface area contributed by atoms with Gasteiger partial charge in [0.2, 0.25) is 5.16 Å². The summed E-state index contributed by atoms with van der Waals surface area (Å²) in [7, 11) is 0. The van der Waals surface area contributed by atoms with Crippen molar-refractivity contribution in [2.45, 2.75) is 5.16 Å². The van der Waals surface area contributed by atoms with Crippen LogP contribution >= 0.6 is 27.7 Å². The number of furan rings is 1. The van der Waals surface area contributed by atoms with Gasteiger partial charge in [0, 0.05) is 5.69 Å². The Hall–Kier alpha value is -2.13. The lowest BCUT2D eigenvalue weighted by Gasteiger charge is -2.07. The third kappa shape index (κ3) is 3.04. The van der Waals surface area contributed by atoms with E-state index in [1.54, 1.807) is 28.9 Å². The third-order valence-electron chi connectivity index (χ3n) is 2.77. The smallest absolute Gasteiger partial charge is 0.291 e. The molecular formula is C13H10BrN5O2S. The fraction of sp³-hybridized carbons (Fsp3) is 0.0769. The maximum atomic E-state index is 12.1. The van der Waals surface area contributed by atoms with Crippen molar-refractivity contribution in [2.75, 3.05) is 11.6 Å². The van der Waals surface area contributed by atoms with Crippen LogP contribution in [0.15, 0.2) is 50.6 Å². The van der Waals surface area contributed by atoms with Crippen molar-refractivity contribution >= 4 is 39.3 Å². The Morgan fingerprint density at radius 3 is 2.95 bits per heavy atom. The van der Waals surface area contributed by atoms with Gasteiger partial charge in [-0.1, -0.05) is 17.8 Å². The lowest BCUT2D eigenvalue weighted by molar-refractivity contribution is 0.0995. The number of anilines is 1. The van der Waals surface area contributed by atoms with E-state index in [-0.39, 0.29) is 11.7 Å². The average Bonchev–Trinajstić information content (AvgIpc) is 3.15. The van der Waals surface area contributed by atoms with Crippen molar-refractivity contribution in [1.29, 1.82) is 0 Å². The Morgan fingerprint density at radius 1 is 1.36 bits per heavy atom. The van der Waals surface area contributed by atoms with E-state index in [2.05, 4.69) is 36.8 Å². The molecule has 1 amide bonds. The Balaban J connectivity index is 1.84. The first kappa shape index (κ1) is 14.8. The number of hydrogen-bond acceptors (Lipinski definition) is 6. The van der Waals surface area contributed by atoms with Crippen LogP contribution in [0.5, 0.6) is 0 Å². The molecule has 0 aliphatic heterocycles. The molecule has 0 unspecified atom stereocenters. The van der Waals surface area contributed by atoms with Crippen LogP contribution in [0.1, 0.15) is 10.6 Å². The summed E-state index contributed by atoms with van der Waals surface area (Å²) in [6.45, 7) is 0. The summed E-state index contributed by atoms with van der Waals surface area (Å²) < 4.78 is 7.33. The number of carbonyl (C=O) groups excluding carboxylic acids is 1. The SMILES string of the molecule is CSc1nnnn1-c1cccc(NC(=O)c2ccc(Br)o2)c1. The average molecular weight is 380 g/mol. The fourth-order valence-corrected chi connectivity index (χ4v) is 2.55. The number of nitrogens with one attached hydrogen (secondary N) is 1. The second-order valence-electron chi connectivity index (χ2n) is 4.19. The quantitative estimate of drug-likeness (QED) is 0.701. The molecular weight excluding hydrogens is 370 g/mol. The molecule has 112 valence electrons. The van der Waals surface area contributed by atoms with E-state index >= 15 is 0 Å². The van der Waals surface area contributed by atoms with Gasteiger partial charge in [-0.3, -0.25) is 4.79 Å². The first-order valence-corrected chi connectivity index (χ1v) is 8.18. The largest absolute Gasteiger partial charge is 0.444 e. The summed E-state index contributed by atoms with van der Waals surface area (Å²) in [5.41, 5.74) is 1.38. The second kappa shape index (κ2) is 6.32. The Kier molecular flexibility index (Phi) is 4.25. The number of aromatic nitrogens is 4. The molecule has 0 atom stereocenters. The van der Waals surface area contributed by atoms with Crippen LogP contribution in [0.3, 0.4) is 0 Å². The molecule has 9 heteroatoms. The van der Waals surface area contributed by atoms with Crippen LogP contribution < -0.4 is 5.32 Å². The topological polar surface area (TPSA) is 85.8 Å². The van der Waals surface area contributed by atoms with E-state index in [9.17, 15) is 4.79 Å². The molecule has 2 aromatic heterocycles. The molecule has 0 spiro atoms. The van der Waals surface area contributed by atoms with Gasteiger partial charge in [0.25, 0.3) is 5.91 Å². The molecule has 22 heavy (non-hydrogen) atoms. The molecule has 0 aliphatic carbocycles. The molecule has 0 saturated heterocycles. The Bertz CT molecular complexity index is 816. The van der Waals surface area contributed by atoms with Crippen LogP contribution in [-0.2, 0) is 0 Å². The van der Waals surface area contributed by atoms with E-state index in [0.717, 1.165) is 5.69 Å². The van der Waals surface area contributed by atoms with Crippen LogP contribution in [0.4, 0.5) is 5.69 Å². The zero-order chi connectivity index (χ0) is 15.5. The maximum Gasteiger partial charge on any atom is 0.291 e. The summed E-state index contributed by atoms with van der Waals surface area (Å²) in [6, 6.07) is 10.5. The number of hydrogen-bond donors (Lipinski definition) is 1. The third-order valence-corrected chi connectivity index (χ3v) is 3.81. The van der Waals surface area contributed by atoms with Gasteiger partial charge in [-0.2, -0.15) is 4.68 Å². The van der Waals surface area contributed by atoms with Gasteiger partial charge >= 0.3 is 0 Å². The van der Waals surface area contributed by atoms with Gasteiger partial charge < -0.3 is 9.73 Å². The summed E-state index contributed by atoms with van der Waals surface area (Å²) in [6.07, 6.45) is 1.89. The molecule has 0 fully saturated rings. The molecule has 0 saturated carbocycles. The molecule has 2 heterocycles. The van der Waals surface area contributed by atoms with Gasteiger partial charge in [0.05, 0.1) is 5.69 Å². The summed E-state index contributed by atoms with van der Waals surface area (Å²) in [5.74, 6) is -0.103. The van der Waals surface area contributed by atoms with E-state index in [1.807, 2.05) is 18.4 Å². The van der Waals surface area contributed by atoms with Crippen LogP contribution in [0.2, 0.25) is 0 Å². The predicted octanol–water partition coefficient (Wildman–Crippen LogP) is 2.99. The summed E-state index contributed by atoms with van der Waals surface area (Å²) >= 11 is 4.60. The van der Waals surface area contributed by atoms with Crippen LogP contribution in [0.25, 0.3) is 5.69 Å². The Labute approximate surface area is 138 Å². The van der Waals surface area contributed by atoms with Gasteiger partial charge in [-0.25, -0.2) is 0 Å². The zero-order valence-electron chi connectivity index (χ0n) is 11.4. The summed E-state index contributed by atoms with van der Waals surface area (Å²) in [5, 5.41) is 14.9. The molecule has 0 radical (unpaired) electrons. The lowest BCUT2D eigenvalue weighted by Crippen LogP contribution is -2.11. The van der Waals surface area contributed by atoms with E-state index < -0.39 is 0 Å². The molecule has 3 rings (SSSR count). The van der Waals surface area contributed by atoms with Crippen molar-refractivity contribution in [3.8, 4) is 5.69 Å². The number of tetrazole rings is 1. The molecule has 1 aromatic carbocycles. The second-order valence-corrected chi connectivity index (χ2v) is 5.74. The number of thioether (sulfide) groups is 1. The first-order valence-electron chi connectivity index (χ1n) is 6.17. The van der Waals surface area contributed by atoms with Gasteiger partial charge in [-0.05, 0) is 62.9 Å². The van der Waals surface area contributed by atoms with Gasteiger partial charge in [0.1, 0.15) is 0 Å². The Morgan fingerprint density at radius 2 is 2.23 bits per heavy atom. The molecule has 1 N–H and O–H groups in total. The van der Waals surface area contributed by atoms with Gasteiger partial charge in [-0.15, -0.1) is 5.10 Å². The number of nitrogens with zero attached hydrogens (tertiary/aromatic N) is 4. The highest BCUT2D eigenvalue weighted by Crippen LogP contribution is 2.20. The minimum atomic E-state index is -0.329. The fourth-order valence-electron chi connectivity index (χ4n) is 1.81. The first-order chi connectivity index (χ1) is 10.7. The van der Waals surface area contributed by atoms with Crippen molar-refractivity contribution in [1.82, 2.24) is 20.2 Å².